The number of aromatic nitrogens is 4. The highest BCUT2D eigenvalue weighted by molar-refractivity contribution is 6.32. The Hall–Kier alpha value is -3.21. The lowest BCUT2D eigenvalue weighted by Crippen LogP contribution is -2.28. The average Bonchev–Trinajstić information content (AvgIpc) is 3.55. The predicted molar refractivity (Wildman–Crippen MR) is 133 cm³/mol. The summed E-state index contributed by atoms with van der Waals surface area (Å²) in [6.45, 7) is 4.03. The van der Waals surface area contributed by atoms with Crippen molar-refractivity contribution in [3.05, 3.63) is 58.5 Å². The molecule has 12 heteroatoms. The minimum atomic E-state index is -4.83. The monoisotopic (exact) mass is 551 g/mol. The minimum Gasteiger partial charge on any atom is -0.352 e. The largest absolute Gasteiger partial charge is 0.435 e. The van der Waals surface area contributed by atoms with Crippen LogP contribution in [0.5, 0.6) is 0 Å². The number of rotatable bonds is 9. The molecule has 1 saturated carbocycles. The normalized spacial score (nSPS) is 18.1. The Bertz CT molecular complexity index is 1280. The second-order valence-electron chi connectivity index (χ2n) is 9.80. The van der Waals surface area contributed by atoms with Crippen LogP contribution in [-0.2, 0) is 11.0 Å². The van der Waals surface area contributed by atoms with Crippen molar-refractivity contribution in [3.63, 3.8) is 0 Å². The van der Waals surface area contributed by atoms with E-state index in [0.29, 0.717) is 18.1 Å². The number of ketones is 1. The molecule has 0 atom stereocenters. The standard InChI is InChI=1S/C26H29ClF3N5O3/c1-15(2)25-32-23(34-38-25)17-11-9-16(10-12-17)21(36)8-5-13-31-24(37)18-14-35(33-22(18)26(28,29)30)20-7-4-3-6-19(20)27/h3-4,6-7,14-17H,5,8-13H2,1-2H3,(H,31,37). The molecule has 1 N–H and O–H groups in total. The first-order chi connectivity index (χ1) is 18.0. The zero-order valence-corrected chi connectivity index (χ0v) is 21.8. The highest BCUT2D eigenvalue weighted by Crippen LogP contribution is 2.36. The Labute approximate surface area is 222 Å². The molecule has 38 heavy (non-hydrogen) atoms. The first-order valence-corrected chi connectivity index (χ1v) is 13.0. The molecule has 0 radical (unpaired) electrons. The summed E-state index contributed by atoms with van der Waals surface area (Å²) in [6.07, 6.45) is -0.231. The number of hydrogen-bond acceptors (Lipinski definition) is 6. The lowest BCUT2D eigenvalue weighted by Gasteiger charge is -2.25. The van der Waals surface area contributed by atoms with Gasteiger partial charge in [-0.2, -0.15) is 23.3 Å². The Morgan fingerprint density at radius 3 is 2.53 bits per heavy atom. The molecule has 204 valence electrons. The van der Waals surface area contributed by atoms with E-state index in [-0.39, 0.29) is 47.2 Å². The maximum Gasteiger partial charge on any atom is 0.435 e. The SMILES string of the molecule is CC(C)c1nc(C2CCC(C(=O)CCCNC(=O)c3cn(-c4ccccc4Cl)nc3C(F)(F)F)CC2)no1. The summed E-state index contributed by atoms with van der Waals surface area (Å²) < 4.78 is 46.9. The number of halogens is 4. The fourth-order valence-electron chi connectivity index (χ4n) is 4.60. The average molecular weight is 552 g/mol. The summed E-state index contributed by atoms with van der Waals surface area (Å²) in [5.74, 6) is 0.735. The molecule has 1 aliphatic rings. The van der Waals surface area contributed by atoms with Crippen LogP contribution in [0.1, 0.15) is 92.0 Å². The lowest BCUT2D eigenvalue weighted by molar-refractivity contribution is -0.141. The number of carbonyl (C=O) groups excluding carboxylic acids is 2. The van der Waals surface area contributed by atoms with Gasteiger partial charge in [0.25, 0.3) is 5.91 Å². The zero-order valence-electron chi connectivity index (χ0n) is 21.1. The number of nitrogens with zero attached hydrogens (tertiary/aromatic N) is 4. The molecule has 0 aliphatic heterocycles. The van der Waals surface area contributed by atoms with Crippen LogP contribution >= 0.6 is 11.6 Å². The Balaban J connectivity index is 1.27. The van der Waals surface area contributed by atoms with E-state index in [4.69, 9.17) is 16.1 Å². The van der Waals surface area contributed by atoms with E-state index < -0.39 is 23.3 Å². The zero-order chi connectivity index (χ0) is 27.4. The summed E-state index contributed by atoms with van der Waals surface area (Å²) >= 11 is 6.08. The lowest BCUT2D eigenvalue weighted by atomic mass is 9.79. The summed E-state index contributed by atoms with van der Waals surface area (Å²) in [7, 11) is 0. The highest BCUT2D eigenvalue weighted by Gasteiger charge is 2.39. The van der Waals surface area contributed by atoms with Gasteiger partial charge in [-0.05, 0) is 44.2 Å². The molecule has 0 bridgehead atoms. The Kier molecular flexibility index (Phi) is 8.54. The van der Waals surface area contributed by atoms with Crippen molar-refractivity contribution in [1.29, 1.82) is 0 Å². The number of Topliss-reactive ketones (excluding diaryl/α,β-unsaturated/α-hetero) is 1. The van der Waals surface area contributed by atoms with E-state index in [9.17, 15) is 22.8 Å². The molecule has 0 saturated heterocycles. The number of nitrogens with one attached hydrogen (secondary N) is 1. The van der Waals surface area contributed by atoms with Gasteiger partial charge in [-0.3, -0.25) is 9.59 Å². The molecule has 1 amide bonds. The van der Waals surface area contributed by atoms with E-state index in [0.717, 1.165) is 36.6 Å². The van der Waals surface area contributed by atoms with Crippen LogP contribution in [0, 0.1) is 5.92 Å². The van der Waals surface area contributed by atoms with Gasteiger partial charge >= 0.3 is 6.18 Å². The second-order valence-corrected chi connectivity index (χ2v) is 10.2. The van der Waals surface area contributed by atoms with Crippen LogP contribution in [0.4, 0.5) is 13.2 Å². The predicted octanol–water partition coefficient (Wildman–Crippen LogP) is 6.10. The van der Waals surface area contributed by atoms with Crippen molar-refractivity contribution in [2.45, 2.75) is 70.4 Å². The molecule has 1 fully saturated rings. The molecule has 1 aromatic carbocycles. The van der Waals surface area contributed by atoms with Crippen molar-refractivity contribution < 1.29 is 27.3 Å². The van der Waals surface area contributed by atoms with Crippen molar-refractivity contribution in [2.75, 3.05) is 6.54 Å². The molecule has 3 aromatic rings. The molecule has 2 aromatic heterocycles. The van der Waals surface area contributed by atoms with Gasteiger partial charge in [0.2, 0.25) is 5.89 Å². The molecule has 4 rings (SSSR count). The van der Waals surface area contributed by atoms with E-state index in [1.807, 2.05) is 13.8 Å². The molecule has 2 heterocycles. The Morgan fingerprint density at radius 1 is 1.18 bits per heavy atom. The quantitative estimate of drug-likeness (QED) is 0.322. The van der Waals surface area contributed by atoms with E-state index in [2.05, 4.69) is 20.6 Å². The van der Waals surface area contributed by atoms with Crippen molar-refractivity contribution >= 4 is 23.3 Å². The number of carbonyl (C=O) groups is 2. The van der Waals surface area contributed by atoms with Gasteiger partial charge in [0, 0.05) is 36.9 Å². The van der Waals surface area contributed by atoms with Gasteiger partial charge in [0.05, 0.1) is 16.3 Å². The smallest absolute Gasteiger partial charge is 0.352 e. The van der Waals surface area contributed by atoms with Gasteiger partial charge in [-0.25, -0.2) is 4.68 Å². The third kappa shape index (κ3) is 6.43. The first kappa shape index (κ1) is 27.8. The fourth-order valence-corrected chi connectivity index (χ4v) is 4.82. The van der Waals surface area contributed by atoms with Gasteiger partial charge in [0.1, 0.15) is 5.78 Å². The van der Waals surface area contributed by atoms with Gasteiger partial charge < -0.3 is 9.84 Å². The molecule has 8 nitrogen and oxygen atoms in total. The minimum absolute atomic E-state index is 0.0648. The van der Waals surface area contributed by atoms with Crippen LogP contribution in [0.2, 0.25) is 5.02 Å². The van der Waals surface area contributed by atoms with Crippen LogP contribution < -0.4 is 5.32 Å². The van der Waals surface area contributed by atoms with Gasteiger partial charge in [0.15, 0.2) is 11.5 Å². The van der Waals surface area contributed by atoms with Crippen LogP contribution in [0.25, 0.3) is 5.69 Å². The number of alkyl halides is 3. The van der Waals surface area contributed by atoms with Gasteiger partial charge in [-0.15, -0.1) is 0 Å². The number of amides is 1. The number of benzene rings is 1. The van der Waals surface area contributed by atoms with Crippen molar-refractivity contribution in [3.8, 4) is 5.69 Å². The first-order valence-electron chi connectivity index (χ1n) is 12.6. The third-order valence-electron chi connectivity index (χ3n) is 6.71. The van der Waals surface area contributed by atoms with Crippen LogP contribution in [0.3, 0.4) is 0 Å². The number of para-hydroxylation sites is 1. The molecule has 1 aliphatic carbocycles. The summed E-state index contributed by atoms with van der Waals surface area (Å²) in [5, 5.41) is 10.3. The van der Waals surface area contributed by atoms with Crippen LogP contribution in [0.15, 0.2) is 35.0 Å². The fraction of sp³-hybridized carbons (Fsp3) is 0.500. The third-order valence-corrected chi connectivity index (χ3v) is 7.03. The maximum absolute atomic E-state index is 13.6. The van der Waals surface area contributed by atoms with Crippen molar-refractivity contribution in [2.24, 2.45) is 5.92 Å². The molecular weight excluding hydrogens is 523 g/mol. The summed E-state index contributed by atoms with van der Waals surface area (Å²) in [6, 6.07) is 6.26. The molecular formula is C26H29ClF3N5O3. The second kappa shape index (κ2) is 11.7. The van der Waals surface area contributed by atoms with E-state index in [1.54, 1.807) is 12.1 Å². The van der Waals surface area contributed by atoms with Crippen molar-refractivity contribution in [1.82, 2.24) is 25.2 Å². The summed E-state index contributed by atoms with van der Waals surface area (Å²) in [4.78, 5) is 29.8. The van der Waals surface area contributed by atoms with Crippen LogP contribution in [-0.4, -0.2) is 38.2 Å². The topological polar surface area (TPSA) is 103 Å². The maximum atomic E-state index is 13.6. The van der Waals surface area contributed by atoms with Gasteiger partial charge in [-0.1, -0.05) is 42.7 Å². The molecule has 0 unspecified atom stereocenters. The summed E-state index contributed by atoms with van der Waals surface area (Å²) in [5.41, 5.74) is -1.69. The Morgan fingerprint density at radius 2 is 1.89 bits per heavy atom. The molecule has 0 spiro atoms. The highest BCUT2D eigenvalue weighted by atomic mass is 35.5. The van der Waals surface area contributed by atoms with E-state index in [1.165, 1.54) is 12.1 Å². The number of hydrogen-bond donors (Lipinski definition) is 1. The van der Waals surface area contributed by atoms with E-state index >= 15 is 0 Å².